The van der Waals surface area contributed by atoms with Crippen molar-refractivity contribution in [3.05, 3.63) is 144 Å². The van der Waals surface area contributed by atoms with Crippen LogP contribution in [0.5, 0.6) is 0 Å². The van der Waals surface area contributed by atoms with Gasteiger partial charge in [-0.05, 0) is 85.0 Å². The quantitative estimate of drug-likeness (QED) is 0.153. The molecule has 0 bridgehead atoms. The molecule has 0 saturated carbocycles. The van der Waals surface area contributed by atoms with Crippen LogP contribution in [0, 0.1) is 11.8 Å². The van der Waals surface area contributed by atoms with E-state index in [1.807, 2.05) is 0 Å². The smallest absolute Gasteiger partial charge is 0.185 e. The molecule has 4 aromatic rings. The van der Waals surface area contributed by atoms with E-state index >= 15 is 0 Å². The van der Waals surface area contributed by atoms with Gasteiger partial charge in [0.05, 0.1) is 5.54 Å². The van der Waals surface area contributed by atoms with Gasteiger partial charge >= 0.3 is 0 Å². The fraction of sp³-hybridized carbons (Fsp3) is 0.405. The van der Waals surface area contributed by atoms with E-state index < -0.39 is 0 Å². The highest BCUT2D eigenvalue weighted by atomic mass is 32.2. The average molecular weight is 663 g/mol. The second kappa shape index (κ2) is 16.5. The third-order valence-corrected chi connectivity index (χ3v) is 12.1. The van der Waals surface area contributed by atoms with Crippen molar-refractivity contribution in [1.82, 2.24) is 9.80 Å². The highest BCUT2D eigenvalue weighted by Gasteiger charge is 2.51. The van der Waals surface area contributed by atoms with Crippen molar-refractivity contribution in [1.29, 1.82) is 0 Å². The number of benzene rings is 4. The second-order valence-corrected chi connectivity index (χ2v) is 15.1. The Morgan fingerprint density at radius 2 is 1.26 bits per heavy atom. The molecule has 47 heavy (non-hydrogen) atoms. The van der Waals surface area contributed by atoms with E-state index in [2.05, 4.69) is 131 Å². The zero-order valence-corrected chi connectivity index (χ0v) is 29.5. The maximum Gasteiger partial charge on any atom is 0.185 e. The minimum atomic E-state index is -0.373. The Morgan fingerprint density at radius 3 is 1.79 bits per heavy atom. The Morgan fingerprint density at radius 1 is 0.745 bits per heavy atom. The molecule has 0 aromatic heterocycles. The lowest BCUT2D eigenvalue weighted by Gasteiger charge is -2.57. The monoisotopic (exact) mass is 662 g/mol. The molecule has 0 N–H and O–H groups in total. The maximum atomic E-state index is 12.1. The highest BCUT2D eigenvalue weighted by molar-refractivity contribution is 8.13. The van der Waals surface area contributed by atoms with Crippen LogP contribution in [-0.2, 0) is 10.3 Å². The summed E-state index contributed by atoms with van der Waals surface area (Å²) in [6.45, 7) is 5.87. The molecule has 3 nitrogen and oxygen atoms in total. The van der Waals surface area contributed by atoms with Crippen LogP contribution in [0.2, 0.25) is 0 Å². The van der Waals surface area contributed by atoms with Crippen LogP contribution in [0.25, 0.3) is 0 Å². The number of hydrogen-bond acceptors (Lipinski definition) is 5. The first-order chi connectivity index (χ1) is 23.1. The Hall–Kier alpha value is -2.83. The lowest BCUT2D eigenvalue weighted by Crippen LogP contribution is -2.64. The number of carbonyl (C=O) groups excluding carboxylic acids is 1. The first-order valence-corrected chi connectivity index (χ1v) is 19.2. The maximum absolute atomic E-state index is 12.1. The van der Waals surface area contributed by atoms with Gasteiger partial charge in [-0.2, -0.15) is 12.6 Å². The first-order valence-electron chi connectivity index (χ1n) is 17.5. The number of rotatable bonds is 12. The summed E-state index contributed by atoms with van der Waals surface area (Å²) in [4.78, 5) is 17.8. The molecule has 0 amide bonds. The van der Waals surface area contributed by atoms with Gasteiger partial charge in [0.1, 0.15) is 0 Å². The van der Waals surface area contributed by atoms with E-state index in [4.69, 9.17) is 12.6 Å². The molecule has 2 aliphatic heterocycles. The van der Waals surface area contributed by atoms with Crippen LogP contribution < -0.4 is 0 Å². The topological polar surface area (TPSA) is 23.6 Å². The molecule has 0 spiro atoms. The van der Waals surface area contributed by atoms with Gasteiger partial charge in [0.25, 0.3) is 0 Å². The summed E-state index contributed by atoms with van der Waals surface area (Å²) in [5.41, 5.74) is 5.10. The van der Waals surface area contributed by atoms with Crippen molar-refractivity contribution >= 4 is 29.5 Å². The molecule has 2 fully saturated rings. The van der Waals surface area contributed by atoms with Gasteiger partial charge in [-0.1, -0.05) is 133 Å². The summed E-state index contributed by atoms with van der Waals surface area (Å²) in [5, 5.41) is 0.223. The number of likely N-dealkylation sites (tertiary alicyclic amines) is 2. The van der Waals surface area contributed by atoms with Gasteiger partial charge in [-0.3, -0.25) is 14.6 Å². The van der Waals surface area contributed by atoms with Crippen molar-refractivity contribution in [2.45, 2.75) is 56.5 Å². The third-order valence-electron chi connectivity index (χ3n) is 10.6. The summed E-state index contributed by atoms with van der Waals surface area (Å²) in [7, 11) is 0. The summed E-state index contributed by atoms with van der Waals surface area (Å²) in [6, 6.07) is 45.3. The number of hydrogen-bond donors (Lipinski definition) is 1. The SMILES string of the molecule is CC(=O)SC[C@H]1CCCN(C(CC(c2ccccc2)c2ccccc2)C(c2ccccc2)(c2ccccc2)N2CCC[C@H](CS)C2)C1. The highest BCUT2D eigenvalue weighted by Crippen LogP contribution is 2.48. The molecule has 1 unspecified atom stereocenters. The fourth-order valence-corrected chi connectivity index (χ4v) is 9.48. The van der Waals surface area contributed by atoms with Crippen molar-refractivity contribution in [2.75, 3.05) is 37.7 Å². The zero-order valence-electron chi connectivity index (χ0n) is 27.8. The van der Waals surface area contributed by atoms with E-state index in [1.54, 1.807) is 6.92 Å². The molecule has 3 atom stereocenters. The van der Waals surface area contributed by atoms with Gasteiger partial charge in [0.2, 0.25) is 0 Å². The van der Waals surface area contributed by atoms with Gasteiger partial charge in [-0.15, -0.1) is 0 Å². The fourth-order valence-electron chi connectivity index (χ4n) is 8.44. The van der Waals surface area contributed by atoms with Crippen molar-refractivity contribution in [3.8, 4) is 0 Å². The van der Waals surface area contributed by atoms with E-state index in [-0.39, 0.29) is 22.6 Å². The molecule has 5 heteroatoms. The number of carbonyl (C=O) groups is 1. The normalized spacial score (nSPS) is 20.2. The van der Waals surface area contributed by atoms with Crippen LogP contribution in [0.4, 0.5) is 0 Å². The Balaban J connectivity index is 1.57. The van der Waals surface area contributed by atoms with Gasteiger partial charge in [0, 0.05) is 37.7 Å². The minimum Gasteiger partial charge on any atom is -0.298 e. The molecule has 2 aliphatic rings. The largest absolute Gasteiger partial charge is 0.298 e. The van der Waals surface area contributed by atoms with Crippen molar-refractivity contribution in [3.63, 3.8) is 0 Å². The number of piperidine rings is 2. The third kappa shape index (κ3) is 7.91. The van der Waals surface area contributed by atoms with E-state index in [1.165, 1.54) is 53.3 Å². The van der Waals surface area contributed by atoms with Crippen LogP contribution in [0.1, 0.15) is 67.2 Å². The predicted octanol–water partition coefficient (Wildman–Crippen LogP) is 9.15. The van der Waals surface area contributed by atoms with E-state index in [0.717, 1.165) is 50.5 Å². The van der Waals surface area contributed by atoms with Crippen LogP contribution in [-0.4, -0.2) is 58.6 Å². The molecule has 2 heterocycles. The minimum absolute atomic E-state index is 0.182. The molecular weight excluding hydrogens is 613 g/mol. The zero-order chi connectivity index (χ0) is 32.5. The van der Waals surface area contributed by atoms with Crippen molar-refractivity contribution in [2.24, 2.45) is 11.8 Å². The molecule has 0 radical (unpaired) electrons. The van der Waals surface area contributed by atoms with Crippen LogP contribution in [0.15, 0.2) is 121 Å². The van der Waals surface area contributed by atoms with Crippen molar-refractivity contribution < 1.29 is 4.79 Å². The van der Waals surface area contributed by atoms with Gasteiger partial charge in [-0.25, -0.2) is 0 Å². The van der Waals surface area contributed by atoms with Crippen LogP contribution >= 0.6 is 24.4 Å². The van der Waals surface area contributed by atoms with E-state index in [0.29, 0.717) is 11.8 Å². The number of nitrogens with zero attached hydrogens (tertiary/aromatic N) is 2. The number of thiol groups is 1. The standard InChI is InChI=1S/C42H50N2OS2/c1-33(45)47-32-35-17-14-26-43(29-35)41(28-40(36-18-6-2-7-19-36)37-20-8-3-9-21-37)42(38-22-10-4-11-23-38,39-24-12-5-13-25-39)44-27-15-16-34(30-44)31-46/h2-13,18-25,34-35,40-41,46H,14-17,26-32H2,1H3/t34-,35-,41?/m0/s1. The average Bonchev–Trinajstić information content (AvgIpc) is 3.14. The predicted molar refractivity (Wildman–Crippen MR) is 202 cm³/mol. The molecule has 4 aromatic carbocycles. The van der Waals surface area contributed by atoms with Gasteiger partial charge < -0.3 is 0 Å². The molecule has 2 saturated heterocycles. The Bertz CT molecular complexity index is 1440. The van der Waals surface area contributed by atoms with E-state index in [9.17, 15) is 4.79 Å². The molecule has 6 rings (SSSR count). The summed E-state index contributed by atoms with van der Waals surface area (Å²) >= 11 is 6.37. The van der Waals surface area contributed by atoms with Crippen LogP contribution in [0.3, 0.4) is 0 Å². The lowest BCUT2D eigenvalue weighted by atomic mass is 9.69. The summed E-state index contributed by atoms with van der Waals surface area (Å²) < 4.78 is 0. The Labute approximate surface area is 292 Å². The second-order valence-electron chi connectivity index (χ2n) is 13.6. The number of thioether (sulfide) groups is 1. The summed E-state index contributed by atoms with van der Waals surface area (Å²) in [5.74, 6) is 3.08. The molecule has 246 valence electrons. The summed E-state index contributed by atoms with van der Waals surface area (Å²) in [6.07, 6.45) is 5.72. The van der Waals surface area contributed by atoms with Gasteiger partial charge in [0.15, 0.2) is 5.12 Å². The molecule has 0 aliphatic carbocycles. The molecular formula is C42H50N2OS2. The Kier molecular flexibility index (Phi) is 12.0. The lowest BCUT2D eigenvalue weighted by molar-refractivity contribution is -0.109. The first kappa shape index (κ1) is 34.0.